The van der Waals surface area contributed by atoms with E-state index in [-0.39, 0.29) is 18.1 Å². The van der Waals surface area contributed by atoms with Crippen molar-refractivity contribution in [2.75, 3.05) is 32.8 Å². The molecule has 2 amide bonds. The highest BCUT2D eigenvalue weighted by Crippen LogP contribution is 2.46. The van der Waals surface area contributed by atoms with Gasteiger partial charge in [-0.3, -0.25) is 4.90 Å². The van der Waals surface area contributed by atoms with Gasteiger partial charge >= 0.3 is 6.03 Å². The summed E-state index contributed by atoms with van der Waals surface area (Å²) in [6.45, 7) is 6.29. The number of urea groups is 1. The standard InChI is InChI=1S/C27H33N3O3/c1-18(19-6-3-2-4-7-19)28-27(31)30-10-5-8-21-17-29-11-9-20-14-25-26(33-13-12-32-25)15-22(20)24(29)16-23(21)30/h2-4,6-7,14-15,18,21,23-24H,5,8-13,16-17H2,1H3,(H,28,31)/t18-,21-,23+,24+/m1/s1. The van der Waals surface area contributed by atoms with Gasteiger partial charge in [0.2, 0.25) is 0 Å². The summed E-state index contributed by atoms with van der Waals surface area (Å²) >= 11 is 0. The molecular formula is C27H33N3O3. The van der Waals surface area contributed by atoms with Crippen molar-refractivity contribution in [1.29, 1.82) is 0 Å². The Kier molecular flexibility index (Phi) is 5.41. The highest BCUT2D eigenvalue weighted by Gasteiger charge is 2.44. The van der Waals surface area contributed by atoms with Gasteiger partial charge in [0.05, 0.1) is 6.04 Å². The Balaban J connectivity index is 1.23. The molecule has 0 saturated carbocycles. The predicted molar refractivity (Wildman–Crippen MR) is 127 cm³/mol. The highest BCUT2D eigenvalue weighted by atomic mass is 16.6. The first-order chi connectivity index (χ1) is 16.2. The molecule has 33 heavy (non-hydrogen) atoms. The number of amides is 2. The molecule has 0 unspecified atom stereocenters. The summed E-state index contributed by atoms with van der Waals surface area (Å²) < 4.78 is 11.7. The molecule has 6 rings (SSSR count). The Morgan fingerprint density at radius 1 is 1.09 bits per heavy atom. The first kappa shape index (κ1) is 20.8. The summed E-state index contributed by atoms with van der Waals surface area (Å²) in [5.41, 5.74) is 3.89. The normalized spacial score (nSPS) is 27.1. The van der Waals surface area contributed by atoms with Gasteiger partial charge in [0, 0.05) is 31.7 Å². The molecule has 0 bridgehead atoms. The maximum absolute atomic E-state index is 13.4. The van der Waals surface area contributed by atoms with E-state index in [1.54, 1.807) is 0 Å². The number of fused-ring (bicyclic) bond motifs is 5. The molecule has 0 radical (unpaired) electrons. The number of benzene rings is 2. The van der Waals surface area contributed by atoms with Crippen LogP contribution in [0.1, 0.15) is 55.0 Å². The van der Waals surface area contributed by atoms with E-state index < -0.39 is 0 Å². The third-order valence-corrected chi connectivity index (χ3v) is 8.02. The Morgan fingerprint density at radius 3 is 2.70 bits per heavy atom. The first-order valence-corrected chi connectivity index (χ1v) is 12.5. The summed E-state index contributed by atoms with van der Waals surface area (Å²) in [5, 5.41) is 3.27. The lowest BCUT2D eigenvalue weighted by Crippen LogP contribution is -2.59. The third kappa shape index (κ3) is 3.84. The Hall–Kier alpha value is -2.73. The maximum Gasteiger partial charge on any atom is 0.318 e. The van der Waals surface area contributed by atoms with Crippen LogP contribution in [0.25, 0.3) is 0 Å². The third-order valence-electron chi connectivity index (χ3n) is 8.02. The monoisotopic (exact) mass is 447 g/mol. The number of carbonyl (C=O) groups is 1. The topological polar surface area (TPSA) is 54.0 Å². The smallest absolute Gasteiger partial charge is 0.318 e. The quantitative estimate of drug-likeness (QED) is 0.745. The van der Waals surface area contributed by atoms with Crippen LogP contribution in [-0.2, 0) is 6.42 Å². The van der Waals surface area contributed by atoms with Gasteiger partial charge < -0.3 is 19.7 Å². The lowest BCUT2D eigenvalue weighted by Gasteiger charge is -2.52. The number of carbonyl (C=O) groups excluding carboxylic acids is 1. The van der Waals surface area contributed by atoms with Gasteiger partial charge in [-0.25, -0.2) is 4.79 Å². The van der Waals surface area contributed by atoms with Crippen molar-refractivity contribution in [2.45, 2.75) is 50.7 Å². The van der Waals surface area contributed by atoms with E-state index in [1.165, 1.54) is 17.5 Å². The van der Waals surface area contributed by atoms with E-state index in [0.717, 1.165) is 56.0 Å². The zero-order valence-electron chi connectivity index (χ0n) is 19.3. The Labute approximate surface area is 195 Å². The minimum atomic E-state index is -0.00163. The SMILES string of the molecule is C[C@@H](NC(=O)N1CCC[C@@H]2CN3CCc4cc5c(cc4[C@@H]3C[C@@H]21)OCCO5)c1ccccc1. The van der Waals surface area contributed by atoms with Crippen molar-refractivity contribution in [3.63, 3.8) is 0 Å². The van der Waals surface area contributed by atoms with Crippen molar-refractivity contribution in [3.8, 4) is 11.5 Å². The first-order valence-electron chi connectivity index (χ1n) is 12.5. The fourth-order valence-electron chi connectivity index (χ4n) is 6.33. The molecule has 4 heterocycles. The molecule has 0 aromatic heterocycles. The van der Waals surface area contributed by atoms with Gasteiger partial charge in [-0.15, -0.1) is 0 Å². The van der Waals surface area contributed by atoms with Crippen LogP contribution in [0.3, 0.4) is 0 Å². The number of ether oxygens (including phenoxy) is 2. The van der Waals surface area contributed by atoms with Crippen LogP contribution < -0.4 is 14.8 Å². The molecule has 2 saturated heterocycles. The largest absolute Gasteiger partial charge is 0.486 e. The molecule has 4 atom stereocenters. The van der Waals surface area contributed by atoms with Gasteiger partial charge in [-0.05, 0) is 67.3 Å². The second kappa shape index (κ2) is 8.56. The minimum Gasteiger partial charge on any atom is -0.486 e. The molecule has 6 nitrogen and oxygen atoms in total. The zero-order valence-corrected chi connectivity index (χ0v) is 19.3. The average molecular weight is 448 g/mol. The fraction of sp³-hybridized carbons (Fsp3) is 0.519. The number of likely N-dealkylation sites (tertiary alicyclic amines) is 1. The van der Waals surface area contributed by atoms with E-state index in [4.69, 9.17) is 9.47 Å². The number of rotatable bonds is 2. The van der Waals surface area contributed by atoms with Gasteiger partial charge in [-0.1, -0.05) is 30.3 Å². The fourth-order valence-corrected chi connectivity index (χ4v) is 6.33. The molecule has 0 spiro atoms. The molecule has 2 aromatic rings. The van der Waals surface area contributed by atoms with Crippen LogP contribution >= 0.6 is 0 Å². The van der Waals surface area contributed by atoms with Crippen LogP contribution in [0.5, 0.6) is 11.5 Å². The summed E-state index contributed by atoms with van der Waals surface area (Å²) in [7, 11) is 0. The predicted octanol–water partition coefficient (Wildman–Crippen LogP) is 4.31. The summed E-state index contributed by atoms with van der Waals surface area (Å²) in [6, 6.07) is 15.3. The minimum absolute atomic E-state index is 0.00163. The van der Waals surface area contributed by atoms with E-state index in [0.29, 0.717) is 25.2 Å². The van der Waals surface area contributed by atoms with Gasteiger partial charge in [0.1, 0.15) is 13.2 Å². The van der Waals surface area contributed by atoms with Crippen molar-refractivity contribution in [1.82, 2.24) is 15.1 Å². The molecule has 174 valence electrons. The van der Waals surface area contributed by atoms with E-state index in [9.17, 15) is 4.79 Å². The van der Waals surface area contributed by atoms with Crippen molar-refractivity contribution >= 4 is 6.03 Å². The molecule has 4 aliphatic rings. The molecule has 1 N–H and O–H groups in total. The van der Waals surface area contributed by atoms with Crippen molar-refractivity contribution in [2.24, 2.45) is 5.92 Å². The van der Waals surface area contributed by atoms with E-state index in [1.807, 2.05) is 18.2 Å². The van der Waals surface area contributed by atoms with Crippen LogP contribution in [0.15, 0.2) is 42.5 Å². The number of nitrogens with one attached hydrogen (secondary N) is 1. The van der Waals surface area contributed by atoms with Crippen LogP contribution in [0.4, 0.5) is 4.79 Å². The number of nitrogens with zero attached hydrogens (tertiary/aromatic N) is 2. The number of hydrogen-bond donors (Lipinski definition) is 1. The second-order valence-electron chi connectivity index (χ2n) is 9.94. The lowest BCUT2D eigenvalue weighted by atomic mass is 9.76. The molecule has 2 aromatic carbocycles. The Morgan fingerprint density at radius 2 is 1.88 bits per heavy atom. The van der Waals surface area contributed by atoms with Crippen molar-refractivity contribution < 1.29 is 14.3 Å². The van der Waals surface area contributed by atoms with Crippen LogP contribution in [0.2, 0.25) is 0 Å². The van der Waals surface area contributed by atoms with Crippen LogP contribution in [0, 0.1) is 5.92 Å². The highest BCUT2D eigenvalue weighted by molar-refractivity contribution is 5.75. The average Bonchev–Trinajstić information content (AvgIpc) is 2.86. The maximum atomic E-state index is 13.4. The summed E-state index contributed by atoms with van der Waals surface area (Å²) in [5.74, 6) is 2.31. The molecular weight excluding hydrogens is 414 g/mol. The molecule has 0 aliphatic carbocycles. The summed E-state index contributed by atoms with van der Waals surface area (Å²) in [4.78, 5) is 18.2. The van der Waals surface area contributed by atoms with Gasteiger partial charge in [0.15, 0.2) is 11.5 Å². The molecule has 6 heteroatoms. The number of piperidine rings is 2. The van der Waals surface area contributed by atoms with Crippen molar-refractivity contribution in [3.05, 3.63) is 59.2 Å². The Bertz CT molecular complexity index is 1030. The van der Waals surface area contributed by atoms with E-state index >= 15 is 0 Å². The van der Waals surface area contributed by atoms with Crippen LogP contribution in [-0.4, -0.2) is 54.7 Å². The summed E-state index contributed by atoms with van der Waals surface area (Å²) in [6.07, 6.45) is 4.34. The van der Waals surface area contributed by atoms with Gasteiger partial charge in [0.25, 0.3) is 0 Å². The molecule has 4 aliphatic heterocycles. The second-order valence-corrected chi connectivity index (χ2v) is 9.94. The lowest BCUT2D eigenvalue weighted by molar-refractivity contribution is 0.00510. The number of hydrogen-bond acceptors (Lipinski definition) is 4. The van der Waals surface area contributed by atoms with E-state index in [2.05, 4.69) is 46.3 Å². The molecule has 2 fully saturated rings. The van der Waals surface area contributed by atoms with Gasteiger partial charge in [-0.2, -0.15) is 0 Å². The zero-order chi connectivity index (χ0) is 22.4.